The summed E-state index contributed by atoms with van der Waals surface area (Å²) in [4.78, 5) is 5.87. The molecule has 0 radical (unpaired) electrons. The highest BCUT2D eigenvalue weighted by molar-refractivity contribution is 8.23. The predicted octanol–water partition coefficient (Wildman–Crippen LogP) is 1.63. The van der Waals surface area contributed by atoms with Crippen LogP contribution in [0.3, 0.4) is 0 Å². The van der Waals surface area contributed by atoms with Crippen molar-refractivity contribution >= 4 is 34.1 Å². The topological polar surface area (TPSA) is 36.4 Å². The zero-order chi connectivity index (χ0) is 9.97. The molecule has 0 aliphatic carbocycles. The summed E-state index contributed by atoms with van der Waals surface area (Å²) in [5.74, 6) is 1.60. The van der Waals surface area contributed by atoms with Gasteiger partial charge in [0.25, 0.3) is 0 Å². The predicted molar refractivity (Wildman–Crippen MR) is 62.4 cm³/mol. The number of nitrogens with zero attached hydrogens (tertiary/aromatic N) is 2. The van der Waals surface area contributed by atoms with Crippen LogP contribution in [0.25, 0.3) is 0 Å². The number of pyridine rings is 1. The van der Waals surface area contributed by atoms with Gasteiger partial charge >= 0.3 is 0 Å². The number of hydrogen-bond acceptors (Lipinski definition) is 4. The lowest BCUT2D eigenvalue weighted by atomic mass is 10.3. The van der Waals surface area contributed by atoms with Crippen molar-refractivity contribution in [2.24, 2.45) is 0 Å². The first-order valence-electron chi connectivity index (χ1n) is 4.34. The van der Waals surface area contributed by atoms with Gasteiger partial charge in [-0.05, 0) is 12.1 Å². The van der Waals surface area contributed by atoms with E-state index in [9.17, 15) is 5.11 Å². The Labute approximate surface area is 92.1 Å². The van der Waals surface area contributed by atoms with E-state index in [4.69, 9.17) is 12.2 Å². The Morgan fingerprint density at radius 1 is 1.57 bits per heavy atom. The number of aromatic nitrogens is 1. The van der Waals surface area contributed by atoms with Gasteiger partial charge in [0.05, 0.1) is 0 Å². The maximum Gasteiger partial charge on any atom is 0.144 e. The molecule has 74 valence electrons. The molecule has 0 amide bonds. The molecule has 0 saturated carbocycles. The second kappa shape index (κ2) is 4.25. The van der Waals surface area contributed by atoms with Crippen LogP contribution in [0.4, 0.5) is 5.82 Å². The van der Waals surface area contributed by atoms with Crippen molar-refractivity contribution in [3.05, 3.63) is 24.4 Å². The van der Waals surface area contributed by atoms with Crippen LogP contribution in [0, 0.1) is 0 Å². The maximum atomic E-state index is 9.78. The molecule has 1 unspecified atom stereocenters. The Morgan fingerprint density at radius 2 is 2.43 bits per heavy atom. The molecule has 1 aliphatic rings. The van der Waals surface area contributed by atoms with Gasteiger partial charge in [0.2, 0.25) is 0 Å². The van der Waals surface area contributed by atoms with E-state index >= 15 is 0 Å². The molecule has 1 N–H and O–H groups in total. The van der Waals surface area contributed by atoms with Crippen LogP contribution in [-0.2, 0) is 0 Å². The first-order chi connectivity index (χ1) is 6.79. The number of hydrogen-bond donors (Lipinski definition) is 1. The lowest BCUT2D eigenvalue weighted by molar-refractivity contribution is 0.180. The molecule has 1 fully saturated rings. The maximum absolute atomic E-state index is 9.78. The highest BCUT2D eigenvalue weighted by atomic mass is 32.2. The molecule has 2 heterocycles. The lowest BCUT2D eigenvalue weighted by Crippen LogP contribution is -2.42. The molecule has 1 saturated heterocycles. The standard InChI is InChI=1S/C9H10N2OS2/c12-8-4-6-14-9(13)11(8)7-3-1-2-5-10-7/h1-3,5,8,12H,4,6H2. The average Bonchev–Trinajstić information content (AvgIpc) is 2.19. The van der Waals surface area contributed by atoms with E-state index in [1.54, 1.807) is 22.9 Å². The molecule has 1 aromatic rings. The van der Waals surface area contributed by atoms with E-state index in [2.05, 4.69) is 4.98 Å². The summed E-state index contributed by atoms with van der Waals surface area (Å²) in [5, 5.41) is 9.78. The van der Waals surface area contributed by atoms with Crippen molar-refractivity contribution in [3.8, 4) is 0 Å². The third kappa shape index (κ3) is 1.89. The molecule has 2 rings (SSSR count). The van der Waals surface area contributed by atoms with Gasteiger partial charge < -0.3 is 5.11 Å². The minimum absolute atomic E-state index is 0.529. The second-order valence-corrected chi connectivity index (χ2v) is 4.67. The number of thioether (sulfide) groups is 1. The van der Waals surface area contributed by atoms with Crippen molar-refractivity contribution < 1.29 is 5.11 Å². The number of aliphatic hydroxyl groups is 1. The Kier molecular flexibility index (Phi) is 3.00. The summed E-state index contributed by atoms with van der Waals surface area (Å²) in [5.41, 5.74) is 0. The smallest absolute Gasteiger partial charge is 0.144 e. The molecule has 1 aromatic heterocycles. The van der Waals surface area contributed by atoms with Gasteiger partial charge in [-0.2, -0.15) is 0 Å². The van der Waals surface area contributed by atoms with Crippen LogP contribution in [0.2, 0.25) is 0 Å². The van der Waals surface area contributed by atoms with E-state index in [1.165, 1.54) is 0 Å². The van der Waals surface area contributed by atoms with E-state index in [-0.39, 0.29) is 0 Å². The minimum atomic E-state index is -0.529. The Bertz CT molecular complexity index is 331. The summed E-state index contributed by atoms with van der Waals surface area (Å²) in [6.45, 7) is 0. The minimum Gasteiger partial charge on any atom is -0.373 e. The average molecular weight is 226 g/mol. The molecule has 0 aromatic carbocycles. The Morgan fingerprint density at radius 3 is 3.07 bits per heavy atom. The Balaban J connectivity index is 2.27. The number of thiocarbonyl (C=S) groups is 1. The largest absolute Gasteiger partial charge is 0.373 e. The Hall–Kier alpha value is -0.650. The van der Waals surface area contributed by atoms with Gasteiger partial charge in [-0.25, -0.2) is 4.98 Å². The number of anilines is 1. The SMILES string of the molecule is OC1CCSC(=S)N1c1ccccn1. The zero-order valence-corrected chi connectivity index (χ0v) is 9.09. The molecule has 0 bridgehead atoms. The summed E-state index contributed by atoms with van der Waals surface area (Å²) in [6, 6.07) is 5.58. The van der Waals surface area contributed by atoms with Gasteiger partial charge in [-0.1, -0.05) is 30.0 Å². The van der Waals surface area contributed by atoms with E-state index < -0.39 is 6.23 Å². The van der Waals surface area contributed by atoms with E-state index in [0.717, 1.165) is 18.0 Å². The second-order valence-electron chi connectivity index (χ2n) is 2.94. The fourth-order valence-electron chi connectivity index (χ4n) is 1.31. The van der Waals surface area contributed by atoms with Gasteiger partial charge in [0.1, 0.15) is 16.4 Å². The molecule has 5 heteroatoms. The zero-order valence-electron chi connectivity index (χ0n) is 7.46. The van der Waals surface area contributed by atoms with Crippen LogP contribution in [0.5, 0.6) is 0 Å². The van der Waals surface area contributed by atoms with Gasteiger partial charge in [0.15, 0.2) is 0 Å². The van der Waals surface area contributed by atoms with Crippen molar-refractivity contribution in [1.29, 1.82) is 0 Å². The first-order valence-corrected chi connectivity index (χ1v) is 5.73. The monoisotopic (exact) mass is 226 g/mol. The van der Waals surface area contributed by atoms with Crippen LogP contribution < -0.4 is 4.90 Å². The molecule has 1 atom stereocenters. The van der Waals surface area contributed by atoms with Crippen LogP contribution in [0.1, 0.15) is 6.42 Å². The highest BCUT2D eigenvalue weighted by Crippen LogP contribution is 2.26. The van der Waals surface area contributed by atoms with Crippen LogP contribution in [0.15, 0.2) is 24.4 Å². The molecular formula is C9H10N2OS2. The van der Waals surface area contributed by atoms with E-state index in [0.29, 0.717) is 4.32 Å². The molecule has 1 aliphatic heterocycles. The third-order valence-corrected chi connectivity index (χ3v) is 3.43. The fraction of sp³-hybridized carbons (Fsp3) is 0.333. The molecule has 3 nitrogen and oxygen atoms in total. The molecular weight excluding hydrogens is 216 g/mol. The van der Waals surface area contributed by atoms with Crippen molar-refractivity contribution in [1.82, 2.24) is 4.98 Å². The van der Waals surface area contributed by atoms with Gasteiger partial charge in [-0.15, -0.1) is 0 Å². The summed E-state index contributed by atoms with van der Waals surface area (Å²) in [6.07, 6.45) is 1.89. The molecule has 0 spiro atoms. The van der Waals surface area contributed by atoms with Crippen LogP contribution >= 0.6 is 24.0 Å². The van der Waals surface area contributed by atoms with Crippen LogP contribution in [-0.4, -0.2) is 26.4 Å². The number of rotatable bonds is 1. The summed E-state index contributed by atoms with van der Waals surface area (Å²) >= 11 is 6.76. The number of aliphatic hydroxyl groups excluding tert-OH is 1. The summed E-state index contributed by atoms with van der Waals surface area (Å²) in [7, 11) is 0. The fourth-order valence-corrected chi connectivity index (χ4v) is 2.64. The van der Waals surface area contributed by atoms with Crippen molar-refractivity contribution in [3.63, 3.8) is 0 Å². The lowest BCUT2D eigenvalue weighted by Gasteiger charge is -2.32. The quantitative estimate of drug-likeness (QED) is 0.737. The van der Waals surface area contributed by atoms with Crippen molar-refractivity contribution in [2.45, 2.75) is 12.6 Å². The van der Waals surface area contributed by atoms with Crippen molar-refractivity contribution in [2.75, 3.05) is 10.7 Å². The normalized spacial score (nSPS) is 22.5. The molecule has 14 heavy (non-hydrogen) atoms. The van der Waals surface area contributed by atoms with Gasteiger partial charge in [0, 0.05) is 18.4 Å². The third-order valence-electron chi connectivity index (χ3n) is 1.99. The van der Waals surface area contributed by atoms with E-state index in [1.807, 2.05) is 18.2 Å². The van der Waals surface area contributed by atoms with Gasteiger partial charge in [-0.3, -0.25) is 4.90 Å². The summed E-state index contributed by atoms with van der Waals surface area (Å²) < 4.78 is 0.697. The first kappa shape index (κ1) is 9.89. The highest BCUT2D eigenvalue weighted by Gasteiger charge is 2.25.